The lowest BCUT2D eigenvalue weighted by Gasteiger charge is -2.12. The molecule has 0 aliphatic carbocycles. The Kier molecular flexibility index (Phi) is 4.82. The van der Waals surface area contributed by atoms with E-state index in [1.165, 1.54) is 18.2 Å². The number of rotatable bonds is 2. The van der Waals surface area contributed by atoms with Crippen molar-refractivity contribution in [3.8, 4) is 0 Å². The monoisotopic (exact) mass is 383 g/mol. The second kappa shape index (κ2) is 6.30. The summed E-state index contributed by atoms with van der Waals surface area (Å²) in [4.78, 5) is 26.5. The molecule has 0 bridgehead atoms. The second-order valence-corrected chi connectivity index (χ2v) is 7.85. The van der Waals surface area contributed by atoms with Crippen LogP contribution in [-0.4, -0.2) is 10.8 Å². The van der Waals surface area contributed by atoms with Gasteiger partial charge in [-0.1, -0.05) is 36.7 Å². The van der Waals surface area contributed by atoms with Crippen molar-refractivity contribution in [3.05, 3.63) is 53.6 Å². The molecule has 1 N–H and O–H groups in total. The lowest BCUT2D eigenvalue weighted by Crippen LogP contribution is -2.22. The van der Waals surface area contributed by atoms with Gasteiger partial charge in [-0.25, -0.2) is 4.39 Å². The Labute approximate surface area is 139 Å². The first-order valence-corrected chi connectivity index (χ1v) is 8.20. The average Bonchev–Trinajstić information content (AvgIpc) is 2.73. The third-order valence-corrected chi connectivity index (χ3v) is 4.38. The van der Waals surface area contributed by atoms with Crippen LogP contribution in [-0.2, 0) is 4.79 Å². The van der Waals surface area contributed by atoms with Crippen LogP contribution in [0.5, 0.6) is 0 Å². The number of Topliss-reactive ketones (excluding diaryl/α,β-unsaturated/α-hetero) is 1. The van der Waals surface area contributed by atoms with Gasteiger partial charge >= 0.3 is 0 Å². The van der Waals surface area contributed by atoms with E-state index in [1.54, 1.807) is 32.9 Å². The molecular weight excluding hydrogens is 369 g/mol. The van der Waals surface area contributed by atoms with Crippen LogP contribution in [0.4, 0.5) is 4.39 Å². The highest BCUT2D eigenvalue weighted by molar-refractivity contribution is 9.10. The summed E-state index contributed by atoms with van der Waals surface area (Å²) in [7, 11) is 0. The van der Waals surface area contributed by atoms with Gasteiger partial charge in [0.05, 0.1) is 9.20 Å². The van der Waals surface area contributed by atoms with Gasteiger partial charge < -0.3 is 4.98 Å². The molecule has 3 nitrogen and oxygen atoms in total. The SMILES string of the molecule is CC(C)(C)C(=O)/C=c1\[nH]c(=O)/c(=C\c2cc(Br)ccc2F)s1. The largest absolute Gasteiger partial charge is 0.313 e. The number of hydrogen-bond donors (Lipinski definition) is 1. The number of thiazole rings is 1. The Hall–Kier alpha value is -1.53. The van der Waals surface area contributed by atoms with E-state index in [0.29, 0.717) is 14.8 Å². The molecule has 2 aromatic rings. The number of hydrogen-bond acceptors (Lipinski definition) is 3. The number of carbonyl (C=O) groups excluding carboxylic acids is 1. The van der Waals surface area contributed by atoms with E-state index < -0.39 is 11.2 Å². The van der Waals surface area contributed by atoms with Gasteiger partial charge in [-0.15, -0.1) is 11.3 Å². The van der Waals surface area contributed by atoms with Crippen LogP contribution in [0.15, 0.2) is 27.5 Å². The average molecular weight is 384 g/mol. The molecule has 22 heavy (non-hydrogen) atoms. The van der Waals surface area contributed by atoms with E-state index in [4.69, 9.17) is 0 Å². The molecule has 0 unspecified atom stereocenters. The van der Waals surface area contributed by atoms with Crippen molar-refractivity contribution in [2.75, 3.05) is 0 Å². The van der Waals surface area contributed by atoms with Crippen LogP contribution in [0.1, 0.15) is 26.3 Å². The van der Waals surface area contributed by atoms with Crippen molar-refractivity contribution in [3.63, 3.8) is 0 Å². The van der Waals surface area contributed by atoms with Crippen LogP contribution in [0.3, 0.4) is 0 Å². The minimum absolute atomic E-state index is 0.0785. The lowest BCUT2D eigenvalue weighted by molar-refractivity contribution is -0.119. The summed E-state index contributed by atoms with van der Waals surface area (Å²) < 4.78 is 15.3. The molecular formula is C16H15BrFNO2S. The van der Waals surface area contributed by atoms with Crippen LogP contribution in [0.2, 0.25) is 0 Å². The molecule has 6 heteroatoms. The molecule has 0 atom stereocenters. The maximum Gasteiger partial charge on any atom is 0.266 e. The number of halogens is 2. The Morgan fingerprint density at radius 2 is 2.05 bits per heavy atom. The van der Waals surface area contributed by atoms with Gasteiger partial charge in [0.1, 0.15) is 5.82 Å². The van der Waals surface area contributed by atoms with E-state index in [1.807, 2.05) is 0 Å². The Morgan fingerprint density at radius 3 is 2.68 bits per heavy atom. The molecule has 0 spiro atoms. The fourth-order valence-electron chi connectivity index (χ4n) is 1.63. The quantitative estimate of drug-likeness (QED) is 0.866. The van der Waals surface area contributed by atoms with Crippen molar-refractivity contribution >= 4 is 45.2 Å². The molecule has 0 aliphatic rings. The molecule has 1 heterocycles. The zero-order valence-electron chi connectivity index (χ0n) is 12.4. The molecule has 1 aromatic heterocycles. The molecule has 0 fully saturated rings. The predicted molar refractivity (Wildman–Crippen MR) is 90.8 cm³/mol. The van der Waals surface area contributed by atoms with Crippen LogP contribution in [0, 0.1) is 11.2 Å². The molecule has 0 amide bonds. The Bertz CT molecular complexity index is 890. The highest BCUT2D eigenvalue weighted by atomic mass is 79.9. The summed E-state index contributed by atoms with van der Waals surface area (Å²) in [6.07, 6.45) is 2.89. The summed E-state index contributed by atoms with van der Waals surface area (Å²) >= 11 is 4.40. The lowest BCUT2D eigenvalue weighted by atomic mass is 9.91. The third-order valence-electron chi connectivity index (χ3n) is 2.93. The van der Waals surface area contributed by atoms with Gasteiger partial charge in [-0.3, -0.25) is 9.59 Å². The first kappa shape index (κ1) is 16.8. The second-order valence-electron chi connectivity index (χ2n) is 5.85. The molecule has 2 rings (SSSR count). The normalized spacial score (nSPS) is 13.7. The van der Waals surface area contributed by atoms with Crippen molar-refractivity contribution in [1.82, 2.24) is 4.98 Å². The first-order chi connectivity index (χ1) is 10.2. The summed E-state index contributed by atoms with van der Waals surface area (Å²) in [5.41, 5.74) is -0.533. The van der Waals surface area contributed by atoms with Gasteiger partial charge in [-0.2, -0.15) is 0 Å². The standard InChI is InChI=1S/C16H15BrFNO2S/c1-16(2,3)13(20)8-14-19-15(21)12(22-14)7-9-6-10(17)4-5-11(9)18/h4-8H,1-3H3,(H,19,21)/b12-7+,14-8+. The summed E-state index contributed by atoms with van der Waals surface area (Å²) in [5.74, 6) is -0.488. The maximum absolute atomic E-state index is 13.7. The number of H-pyrrole nitrogens is 1. The number of benzene rings is 1. The summed E-state index contributed by atoms with van der Waals surface area (Å²) in [5, 5.41) is 0. The highest BCUT2D eigenvalue weighted by Gasteiger charge is 2.18. The number of nitrogens with one attached hydrogen (secondary N) is 1. The highest BCUT2D eigenvalue weighted by Crippen LogP contribution is 2.16. The van der Waals surface area contributed by atoms with Gasteiger partial charge in [0.25, 0.3) is 5.56 Å². The van der Waals surface area contributed by atoms with E-state index >= 15 is 0 Å². The number of aromatic nitrogens is 1. The number of ketones is 1. The van der Waals surface area contributed by atoms with Crippen LogP contribution >= 0.6 is 27.3 Å². The van der Waals surface area contributed by atoms with Crippen molar-refractivity contribution in [2.45, 2.75) is 20.8 Å². The van der Waals surface area contributed by atoms with E-state index in [-0.39, 0.29) is 11.3 Å². The Morgan fingerprint density at radius 1 is 1.36 bits per heavy atom. The van der Waals surface area contributed by atoms with Gasteiger partial charge in [0, 0.05) is 21.5 Å². The van der Waals surface area contributed by atoms with Crippen molar-refractivity contribution in [2.24, 2.45) is 5.41 Å². The topological polar surface area (TPSA) is 49.9 Å². The van der Waals surface area contributed by atoms with Crippen LogP contribution in [0.25, 0.3) is 12.2 Å². The van der Waals surface area contributed by atoms with Gasteiger partial charge in [0.2, 0.25) is 0 Å². The van der Waals surface area contributed by atoms with E-state index in [0.717, 1.165) is 15.8 Å². The predicted octanol–water partition coefficient (Wildman–Crippen LogP) is 2.56. The minimum Gasteiger partial charge on any atom is -0.313 e. The van der Waals surface area contributed by atoms with E-state index in [2.05, 4.69) is 20.9 Å². The van der Waals surface area contributed by atoms with Crippen LogP contribution < -0.4 is 14.8 Å². The van der Waals surface area contributed by atoms with Gasteiger partial charge in [0.15, 0.2) is 5.78 Å². The Balaban J connectivity index is 2.54. The minimum atomic E-state index is -0.513. The smallest absolute Gasteiger partial charge is 0.266 e. The van der Waals surface area contributed by atoms with Crippen molar-refractivity contribution < 1.29 is 9.18 Å². The number of aromatic amines is 1. The van der Waals surface area contributed by atoms with E-state index in [9.17, 15) is 14.0 Å². The fraction of sp³-hybridized carbons (Fsp3) is 0.250. The summed E-state index contributed by atoms with van der Waals surface area (Å²) in [6, 6.07) is 4.51. The molecule has 0 saturated heterocycles. The maximum atomic E-state index is 13.7. The molecule has 116 valence electrons. The molecule has 0 aliphatic heterocycles. The van der Waals surface area contributed by atoms with Gasteiger partial charge in [-0.05, 0) is 24.3 Å². The third kappa shape index (κ3) is 4.01. The number of carbonyl (C=O) groups is 1. The summed E-state index contributed by atoms with van der Waals surface area (Å²) in [6.45, 7) is 5.42. The fourth-order valence-corrected chi connectivity index (χ4v) is 2.88. The molecule has 0 saturated carbocycles. The molecule has 0 radical (unpaired) electrons. The first-order valence-electron chi connectivity index (χ1n) is 6.59. The molecule has 1 aromatic carbocycles. The zero-order valence-corrected chi connectivity index (χ0v) is 14.8. The van der Waals surface area contributed by atoms with Crippen molar-refractivity contribution in [1.29, 1.82) is 0 Å². The zero-order chi connectivity index (χ0) is 16.5.